The van der Waals surface area contributed by atoms with E-state index in [4.69, 9.17) is 21.6 Å². The van der Waals surface area contributed by atoms with Crippen LogP contribution in [0.5, 0.6) is 0 Å². The van der Waals surface area contributed by atoms with E-state index in [1.54, 1.807) is 11.3 Å². The quantitative estimate of drug-likeness (QED) is 0.235. The highest BCUT2D eigenvalue weighted by molar-refractivity contribution is 7.13. The summed E-state index contributed by atoms with van der Waals surface area (Å²) in [5.41, 5.74) is 11.9. The topological polar surface area (TPSA) is 24.7 Å². The maximum Gasteiger partial charge on any atom is 0.0865 e. The molecule has 0 bridgehead atoms. The van der Waals surface area contributed by atoms with E-state index < -0.39 is 0 Å². The molecule has 3 heterocycles. The number of thiophene rings is 1. The first-order chi connectivity index (χ1) is 17.0. The molecule has 0 amide bonds. The Morgan fingerprint density at radius 3 is 2.49 bits per heavy atom. The van der Waals surface area contributed by atoms with E-state index in [2.05, 4.69) is 80.8 Å². The molecule has 6 rings (SSSR count). The summed E-state index contributed by atoms with van der Waals surface area (Å²) in [5, 5.41) is 4.83. The van der Waals surface area contributed by atoms with Gasteiger partial charge < -0.3 is 0 Å². The van der Waals surface area contributed by atoms with Crippen LogP contribution in [0.3, 0.4) is 0 Å². The van der Waals surface area contributed by atoms with Crippen LogP contribution < -0.4 is 10.7 Å². The predicted molar refractivity (Wildman–Crippen MR) is 148 cm³/mol. The van der Waals surface area contributed by atoms with Gasteiger partial charge in [0.2, 0.25) is 0 Å². The van der Waals surface area contributed by atoms with Crippen LogP contribution in [0.15, 0.2) is 70.0 Å². The van der Waals surface area contributed by atoms with E-state index in [1.165, 1.54) is 43.8 Å². The highest BCUT2D eigenvalue weighted by Gasteiger charge is 2.23. The average Bonchev–Trinajstić information content (AvgIpc) is 3.43. The van der Waals surface area contributed by atoms with E-state index in [9.17, 15) is 0 Å². The molecule has 0 fully saturated rings. The molecule has 35 heavy (non-hydrogen) atoms. The third kappa shape index (κ3) is 3.87. The number of rotatable bonds is 4. The zero-order valence-corrected chi connectivity index (χ0v) is 21.9. The molecule has 2 nitrogen and oxygen atoms in total. The molecule has 0 radical (unpaired) electrons. The van der Waals surface area contributed by atoms with Gasteiger partial charge in [-0.25, -0.2) is 9.98 Å². The van der Waals surface area contributed by atoms with Gasteiger partial charge in [-0.3, -0.25) is 0 Å². The van der Waals surface area contributed by atoms with Crippen LogP contribution in [-0.2, 0) is 12.8 Å². The third-order valence-corrected chi connectivity index (χ3v) is 8.54. The van der Waals surface area contributed by atoms with Crippen molar-refractivity contribution >= 4 is 39.9 Å². The normalized spacial score (nSPS) is 13.8. The smallest absolute Gasteiger partial charge is 0.0865 e. The molecule has 0 N–H and O–H groups in total. The zero-order valence-electron chi connectivity index (χ0n) is 20.3. The number of unbranched alkanes of at least 4 members (excludes halogenated alkanes) is 1. The van der Waals surface area contributed by atoms with Gasteiger partial charge in [0.1, 0.15) is 0 Å². The molecule has 0 spiro atoms. The van der Waals surface area contributed by atoms with Crippen molar-refractivity contribution in [2.45, 2.75) is 46.5 Å². The van der Waals surface area contributed by atoms with Crippen LogP contribution in [0.1, 0.15) is 60.1 Å². The van der Waals surface area contributed by atoms with Crippen molar-refractivity contribution in [2.24, 2.45) is 9.98 Å². The molecule has 2 aliphatic rings. The summed E-state index contributed by atoms with van der Waals surface area (Å²) in [6.45, 7) is 6.58. The summed E-state index contributed by atoms with van der Waals surface area (Å²) in [4.78, 5) is 11.4. The van der Waals surface area contributed by atoms with Gasteiger partial charge in [-0.2, -0.15) is 0 Å². The van der Waals surface area contributed by atoms with Crippen LogP contribution in [0.2, 0.25) is 5.02 Å². The lowest BCUT2D eigenvalue weighted by Crippen LogP contribution is -2.29. The molecular formula is C31H27ClN2S. The number of nitrogens with zero attached hydrogens (tertiary/aromatic N) is 2. The van der Waals surface area contributed by atoms with Crippen LogP contribution in [-0.4, -0.2) is 0 Å². The second-order valence-electron chi connectivity index (χ2n) is 9.51. The highest BCUT2D eigenvalue weighted by atomic mass is 35.5. The van der Waals surface area contributed by atoms with Crippen LogP contribution in [0, 0.1) is 6.92 Å². The highest BCUT2D eigenvalue weighted by Crippen LogP contribution is 2.35. The predicted octanol–water partition coefficient (Wildman–Crippen LogP) is 8.29. The van der Waals surface area contributed by atoms with E-state index in [1.807, 2.05) is 0 Å². The zero-order chi connectivity index (χ0) is 24.1. The molecule has 0 atom stereocenters. The van der Waals surface area contributed by atoms with E-state index in [0.717, 1.165) is 58.4 Å². The van der Waals surface area contributed by atoms with Gasteiger partial charge in [0.15, 0.2) is 0 Å². The molecule has 0 unspecified atom stereocenters. The Balaban J connectivity index is 1.46. The summed E-state index contributed by atoms with van der Waals surface area (Å²) in [7, 11) is 0. The van der Waals surface area contributed by atoms with Gasteiger partial charge in [0, 0.05) is 23.3 Å². The maximum absolute atomic E-state index is 7.07. The summed E-state index contributed by atoms with van der Waals surface area (Å²) in [5.74, 6) is 0. The lowest BCUT2D eigenvalue weighted by atomic mass is 9.89. The Kier molecular flexibility index (Phi) is 5.70. The molecule has 2 aliphatic heterocycles. The van der Waals surface area contributed by atoms with Crippen molar-refractivity contribution in [1.82, 2.24) is 0 Å². The van der Waals surface area contributed by atoms with Gasteiger partial charge in [-0.15, -0.1) is 11.3 Å². The summed E-state index contributed by atoms with van der Waals surface area (Å²) < 4.78 is 0. The summed E-state index contributed by atoms with van der Waals surface area (Å²) in [6.07, 6.45) is 6.20. The van der Waals surface area contributed by atoms with Crippen LogP contribution >= 0.6 is 22.9 Å². The molecular weight excluding hydrogens is 468 g/mol. The van der Waals surface area contributed by atoms with Crippen molar-refractivity contribution in [3.63, 3.8) is 0 Å². The minimum Gasteiger partial charge on any atom is -0.248 e. The fraction of sp³-hybridized carbons (Fsp3) is 0.226. The molecule has 174 valence electrons. The molecule has 0 aliphatic carbocycles. The van der Waals surface area contributed by atoms with Crippen molar-refractivity contribution in [2.75, 3.05) is 0 Å². The molecule has 4 heteroatoms. The van der Waals surface area contributed by atoms with Gasteiger partial charge in [-0.1, -0.05) is 49.2 Å². The van der Waals surface area contributed by atoms with E-state index in [-0.39, 0.29) is 0 Å². The fourth-order valence-corrected chi connectivity index (χ4v) is 6.22. The summed E-state index contributed by atoms with van der Waals surface area (Å²) >= 11 is 8.84. The molecule has 1 aromatic heterocycles. The number of benzene rings is 3. The van der Waals surface area contributed by atoms with Crippen molar-refractivity contribution in [3.8, 4) is 10.4 Å². The third-order valence-electron chi connectivity index (χ3n) is 7.21. The monoisotopic (exact) mass is 494 g/mol. The number of fused-ring (bicyclic) bond motifs is 4. The first-order valence-electron chi connectivity index (χ1n) is 12.3. The standard InChI is InChI=1S/C31H27ClN2S/c1-4-5-7-18(2)20-9-11-26-22(14-20)17-25-29(32)31-24(19(3)30(25)33-26)16-23-15-21(10-12-27(23)34-31)28-8-6-13-35-28/h6-15H,4-5,16-17H2,1-3H3/b18-7+. The van der Waals surface area contributed by atoms with Gasteiger partial charge in [-0.05, 0) is 94.9 Å². The minimum absolute atomic E-state index is 0.756. The van der Waals surface area contributed by atoms with Gasteiger partial charge in [0.05, 0.1) is 27.1 Å². The second-order valence-corrected chi connectivity index (χ2v) is 10.8. The van der Waals surface area contributed by atoms with Crippen molar-refractivity contribution in [1.29, 1.82) is 0 Å². The lowest BCUT2D eigenvalue weighted by Gasteiger charge is -2.22. The SMILES string of the molecule is CCC/C=C(\C)c1ccc2c(c1)Cc1c(Cl)c3c(c(C)c1=N2)Cc1cc(-c2cccs2)ccc1N=3. The number of hydrogen-bond donors (Lipinski definition) is 0. The molecule has 0 saturated heterocycles. The Bertz CT molecular complexity index is 1630. The second kappa shape index (κ2) is 8.89. The molecule has 4 aromatic rings. The largest absolute Gasteiger partial charge is 0.248 e. The average molecular weight is 495 g/mol. The summed E-state index contributed by atoms with van der Waals surface area (Å²) in [6, 6.07) is 17.5. The van der Waals surface area contributed by atoms with Gasteiger partial charge >= 0.3 is 0 Å². The Hall–Kier alpha value is -3.01. The van der Waals surface area contributed by atoms with Crippen LogP contribution in [0.25, 0.3) is 16.0 Å². The number of halogens is 1. The first-order valence-corrected chi connectivity index (χ1v) is 13.5. The Morgan fingerprint density at radius 2 is 1.71 bits per heavy atom. The van der Waals surface area contributed by atoms with Gasteiger partial charge in [0.25, 0.3) is 0 Å². The van der Waals surface area contributed by atoms with Crippen molar-refractivity contribution in [3.05, 3.63) is 109 Å². The Labute approximate surface area is 215 Å². The lowest BCUT2D eigenvalue weighted by molar-refractivity contribution is 0.959. The maximum atomic E-state index is 7.07. The van der Waals surface area contributed by atoms with E-state index in [0.29, 0.717) is 0 Å². The molecule has 3 aromatic carbocycles. The van der Waals surface area contributed by atoms with Crippen LogP contribution in [0.4, 0.5) is 11.4 Å². The first kappa shape index (κ1) is 22.5. The number of hydrogen-bond acceptors (Lipinski definition) is 3. The number of allylic oxidation sites excluding steroid dienone is 2. The van der Waals surface area contributed by atoms with E-state index >= 15 is 0 Å². The van der Waals surface area contributed by atoms with Crippen molar-refractivity contribution < 1.29 is 0 Å². The molecule has 0 saturated carbocycles. The minimum atomic E-state index is 0.756. The Morgan fingerprint density at radius 1 is 0.971 bits per heavy atom. The fourth-order valence-electron chi connectivity index (χ4n) is 5.19.